The lowest BCUT2D eigenvalue weighted by atomic mass is 9.86. The smallest absolute Gasteiger partial charge is 0.0874 e. The standard InChI is InChI=1S/C16H10N4.C11H17N/c17-13-7-3-1-4-8-11(7)12-9(15(13)19)5-2-6-10(12)16(20)14(8)18;1-4-9-6-8(3)7-10(5-2)11(9)12/h1-6,17-20H;6-7H,4-5,12H2,1-3H3. The van der Waals surface area contributed by atoms with E-state index in [0.29, 0.717) is 21.5 Å². The molecule has 0 aromatic heterocycles. The second-order valence-corrected chi connectivity index (χ2v) is 8.16. The lowest BCUT2D eigenvalue weighted by molar-refractivity contribution is 1.08. The zero-order chi connectivity index (χ0) is 23.2. The molecule has 0 heterocycles. The van der Waals surface area contributed by atoms with E-state index in [1.54, 1.807) is 12.1 Å². The molecule has 5 heteroatoms. The summed E-state index contributed by atoms with van der Waals surface area (Å²) in [4.78, 5) is 0. The summed E-state index contributed by atoms with van der Waals surface area (Å²) in [5.74, 6) is 0. The van der Waals surface area contributed by atoms with E-state index >= 15 is 0 Å². The molecule has 2 aliphatic carbocycles. The SMILES string of the molecule is CCc1cc(C)cc(CC)c1N.N=c1c(=N)c2cccc3c2-c2c1cccc2c(=N)c3=N. The first-order chi connectivity index (χ1) is 15.3. The van der Waals surface area contributed by atoms with Gasteiger partial charge < -0.3 is 5.73 Å². The second kappa shape index (κ2) is 8.00. The van der Waals surface area contributed by atoms with Gasteiger partial charge in [0.1, 0.15) is 0 Å². The Bertz CT molecular complexity index is 1430. The van der Waals surface area contributed by atoms with Gasteiger partial charge in [-0.25, -0.2) is 0 Å². The van der Waals surface area contributed by atoms with Crippen molar-refractivity contribution in [3.05, 3.63) is 86.7 Å². The van der Waals surface area contributed by atoms with Gasteiger partial charge in [0.2, 0.25) is 0 Å². The van der Waals surface area contributed by atoms with Crippen LogP contribution in [0.25, 0.3) is 32.7 Å². The van der Waals surface area contributed by atoms with Crippen LogP contribution in [-0.2, 0) is 12.8 Å². The summed E-state index contributed by atoms with van der Waals surface area (Å²) in [5, 5.41) is 36.2. The molecule has 0 bridgehead atoms. The van der Waals surface area contributed by atoms with Gasteiger partial charge in [-0.3, -0.25) is 21.6 Å². The van der Waals surface area contributed by atoms with E-state index in [9.17, 15) is 0 Å². The van der Waals surface area contributed by atoms with Gasteiger partial charge in [0.25, 0.3) is 0 Å². The van der Waals surface area contributed by atoms with Crippen molar-refractivity contribution in [3.63, 3.8) is 0 Å². The molecular weight excluding hydrogens is 394 g/mol. The second-order valence-electron chi connectivity index (χ2n) is 8.16. The predicted molar refractivity (Wildman–Crippen MR) is 129 cm³/mol. The van der Waals surface area contributed by atoms with Gasteiger partial charge in [0, 0.05) is 38.4 Å². The Morgan fingerprint density at radius 2 is 0.938 bits per heavy atom. The summed E-state index contributed by atoms with van der Waals surface area (Å²) in [5.41, 5.74) is 12.5. The molecule has 5 nitrogen and oxygen atoms in total. The molecule has 0 unspecified atom stereocenters. The van der Waals surface area contributed by atoms with Gasteiger partial charge in [0.05, 0.1) is 21.4 Å². The number of nitrogen functional groups attached to an aromatic ring is 1. The summed E-state index contributed by atoms with van der Waals surface area (Å²) in [7, 11) is 0. The van der Waals surface area contributed by atoms with Gasteiger partial charge in [-0.15, -0.1) is 0 Å². The third-order valence-electron chi connectivity index (χ3n) is 6.21. The molecule has 5 rings (SSSR count). The van der Waals surface area contributed by atoms with Crippen LogP contribution >= 0.6 is 0 Å². The van der Waals surface area contributed by atoms with Crippen molar-refractivity contribution in [2.75, 3.05) is 5.73 Å². The first-order valence-electron chi connectivity index (χ1n) is 10.8. The van der Waals surface area contributed by atoms with Crippen molar-refractivity contribution in [2.45, 2.75) is 33.6 Å². The lowest BCUT2D eigenvalue weighted by Gasteiger charge is -2.16. The van der Waals surface area contributed by atoms with Crippen LogP contribution in [0.5, 0.6) is 0 Å². The summed E-state index contributed by atoms with van der Waals surface area (Å²) < 4.78 is 0. The minimum Gasteiger partial charge on any atom is -0.398 e. The summed E-state index contributed by atoms with van der Waals surface area (Å²) in [6.07, 6.45) is 2.06. The zero-order valence-corrected chi connectivity index (χ0v) is 18.6. The van der Waals surface area contributed by atoms with Crippen LogP contribution in [0.4, 0.5) is 5.69 Å². The van der Waals surface area contributed by atoms with E-state index in [2.05, 4.69) is 32.9 Å². The number of aryl methyl sites for hydroxylation is 3. The van der Waals surface area contributed by atoms with Crippen molar-refractivity contribution in [1.29, 1.82) is 21.6 Å². The lowest BCUT2D eigenvalue weighted by Crippen LogP contribution is -2.31. The van der Waals surface area contributed by atoms with E-state index in [4.69, 9.17) is 27.4 Å². The fraction of sp³-hybridized carbons (Fsp3) is 0.185. The van der Waals surface area contributed by atoms with Crippen LogP contribution < -0.4 is 27.2 Å². The fourth-order valence-corrected chi connectivity index (χ4v) is 4.55. The highest BCUT2D eigenvalue weighted by Crippen LogP contribution is 2.33. The van der Waals surface area contributed by atoms with E-state index < -0.39 is 0 Å². The summed E-state index contributed by atoms with van der Waals surface area (Å²) >= 11 is 0. The van der Waals surface area contributed by atoms with Crippen LogP contribution in [0.1, 0.15) is 30.5 Å². The van der Waals surface area contributed by atoms with Crippen molar-refractivity contribution in [2.24, 2.45) is 0 Å². The average molecular weight is 422 g/mol. The average Bonchev–Trinajstić information content (AvgIpc) is 2.81. The Balaban J connectivity index is 0.000000176. The highest BCUT2D eigenvalue weighted by atomic mass is 14.6. The molecule has 0 fully saturated rings. The highest BCUT2D eigenvalue weighted by Gasteiger charge is 2.19. The summed E-state index contributed by atoms with van der Waals surface area (Å²) in [6.45, 7) is 6.41. The van der Waals surface area contributed by atoms with Crippen LogP contribution in [0.2, 0.25) is 0 Å². The molecule has 0 saturated heterocycles. The maximum absolute atomic E-state index is 8.17. The van der Waals surface area contributed by atoms with Crippen LogP contribution in [-0.4, -0.2) is 0 Å². The molecular formula is C27H27N5. The van der Waals surface area contributed by atoms with Gasteiger partial charge in [-0.2, -0.15) is 0 Å². The molecule has 160 valence electrons. The minimum atomic E-state index is 0.188. The molecule has 3 aromatic carbocycles. The predicted octanol–water partition coefficient (Wildman–Crippen LogP) is 4.03. The molecule has 3 aromatic rings. The molecule has 2 aliphatic rings. The van der Waals surface area contributed by atoms with Crippen LogP contribution in [0.15, 0.2) is 48.5 Å². The molecule has 32 heavy (non-hydrogen) atoms. The number of nitrogens with two attached hydrogens (primary N) is 1. The number of benzene rings is 5. The first kappa shape index (κ1) is 21.4. The van der Waals surface area contributed by atoms with E-state index in [0.717, 1.165) is 29.7 Å². The van der Waals surface area contributed by atoms with Gasteiger partial charge in [-0.1, -0.05) is 67.9 Å². The van der Waals surface area contributed by atoms with Gasteiger partial charge in [0.15, 0.2) is 0 Å². The molecule has 0 spiro atoms. The molecule has 6 N–H and O–H groups in total. The third-order valence-corrected chi connectivity index (χ3v) is 6.21. The molecule has 0 atom stereocenters. The Morgan fingerprint density at radius 3 is 1.22 bits per heavy atom. The van der Waals surface area contributed by atoms with E-state index in [1.165, 1.54) is 16.7 Å². The summed E-state index contributed by atoms with van der Waals surface area (Å²) in [6, 6.07) is 15.2. The maximum atomic E-state index is 8.17. The Morgan fingerprint density at radius 1 is 0.625 bits per heavy atom. The minimum absolute atomic E-state index is 0.188. The van der Waals surface area contributed by atoms with Crippen LogP contribution in [0.3, 0.4) is 0 Å². The first-order valence-corrected chi connectivity index (χ1v) is 10.8. The molecule has 0 saturated carbocycles. The molecule has 0 amide bonds. The quantitative estimate of drug-likeness (QED) is 0.214. The number of hydrogen-bond acceptors (Lipinski definition) is 5. The normalized spacial score (nSPS) is 11.2. The van der Waals surface area contributed by atoms with Crippen LogP contribution in [0, 0.1) is 28.6 Å². The number of anilines is 1. The fourth-order valence-electron chi connectivity index (χ4n) is 4.55. The largest absolute Gasteiger partial charge is 0.398 e. The van der Waals surface area contributed by atoms with Crippen molar-refractivity contribution >= 4 is 27.2 Å². The molecule has 0 radical (unpaired) electrons. The van der Waals surface area contributed by atoms with Crippen molar-refractivity contribution in [1.82, 2.24) is 0 Å². The number of rotatable bonds is 2. The Labute approximate surface area is 186 Å². The van der Waals surface area contributed by atoms with E-state index in [1.807, 2.05) is 24.3 Å². The van der Waals surface area contributed by atoms with Crippen molar-refractivity contribution < 1.29 is 0 Å². The molecule has 0 aliphatic heterocycles. The van der Waals surface area contributed by atoms with Crippen molar-refractivity contribution in [3.8, 4) is 11.1 Å². The van der Waals surface area contributed by atoms with Gasteiger partial charge in [-0.05, 0) is 30.9 Å². The van der Waals surface area contributed by atoms with Gasteiger partial charge >= 0.3 is 0 Å². The highest BCUT2D eigenvalue weighted by molar-refractivity contribution is 6.10. The zero-order valence-electron chi connectivity index (χ0n) is 18.6. The van der Waals surface area contributed by atoms with E-state index in [-0.39, 0.29) is 21.4 Å². The number of hydrogen-bond donors (Lipinski definition) is 5. The Kier molecular flexibility index (Phi) is 5.35. The monoisotopic (exact) mass is 421 g/mol. The number of nitrogens with one attached hydrogen (secondary N) is 4. The Hall–Kier alpha value is -3.86. The topological polar surface area (TPSA) is 121 Å². The third kappa shape index (κ3) is 3.17. The maximum Gasteiger partial charge on any atom is 0.0874 e.